The molecule has 0 spiro atoms. The molecular formula is C11H17NO. The fourth-order valence-corrected chi connectivity index (χ4v) is 2.48. The van der Waals surface area contributed by atoms with Gasteiger partial charge in [-0.3, -0.25) is 4.79 Å². The van der Waals surface area contributed by atoms with Gasteiger partial charge >= 0.3 is 0 Å². The number of carbonyl (C=O) groups is 1. The highest BCUT2D eigenvalue weighted by atomic mass is 16.1. The molecule has 1 aliphatic heterocycles. The minimum Gasteiger partial charge on any atom is -0.377 e. The lowest BCUT2D eigenvalue weighted by atomic mass is 9.84. The van der Waals surface area contributed by atoms with Crippen molar-refractivity contribution in [2.75, 3.05) is 13.6 Å². The van der Waals surface area contributed by atoms with Crippen LogP contribution < -0.4 is 0 Å². The van der Waals surface area contributed by atoms with E-state index >= 15 is 0 Å². The van der Waals surface area contributed by atoms with Crippen LogP contribution in [0.2, 0.25) is 0 Å². The second-order valence-electron chi connectivity index (χ2n) is 4.28. The molecule has 0 aromatic carbocycles. The predicted octanol–water partition coefficient (Wildman–Crippen LogP) is 1.97. The van der Waals surface area contributed by atoms with Gasteiger partial charge in [0.2, 0.25) is 0 Å². The van der Waals surface area contributed by atoms with E-state index in [1.165, 1.54) is 18.5 Å². The molecule has 2 heteroatoms. The molecule has 0 bridgehead atoms. The molecule has 1 aliphatic carbocycles. The summed E-state index contributed by atoms with van der Waals surface area (Å²) in [6.07, 6.45) is 4.59. The van der Waals surface area contributed by atoms with E-state index in [2.05, 4.69) is 11.9 Å². The highest BCUT2D eigenvalue weighted by molar-refractivity contribution is 5.98. The lowest BCUT2D eigenvalue weighted by molar-refractivity contribution is -0.120. The van der Waals surface area contributed by atoms with Gasteiger partial charge in [-0.05, 0) is 25.7 Å². The van der Waals surface area contributed by atoms with E-state index in [1.54, 1.807) is 0 Å². The second-order valence-corrected chi connectivity index (χ2v) is 4.28. The number of ketones is 1. The molecule has 2 aliphatic rings. The lowest BCUT2D eigenvalue weighted by Gasteiger charge is -2.35. The first-order valence-electron chi connectivity index (χ1n) is 5.17. The zero-order valence-corrected chi connectivity index (χ0v) is 8.47. The normalized spacial score (nSPS) is 29.2. The highest BCUT2D eigenvalue weighted by Gasteiger charge is 2.30. The lowest BCUT2D eigenvalue weighted by Crippen LogP contribution is -2.37. The molecule has 0 aromatic rings. The summed E-state index contributed by atoms with van der Waals surface area (Å²) in [4.78, 5) is 14.1. The fraction of sp³-hybridized carbons (Fsp3) is 0.727. The van der Waals surface area contributed by atoms with E-state index in [1.807, 2.05) is 6.92 Å². The second kappa shape index (κ2) is 3.17. The summed E-state index contributed by atoms with van der Waals surface area (Å²) >= 11 is 0. The first kappa shape index (κ1) is 8.79. The van der Waals surface area contributed by atoms with Gasteiger partial charge in [0, 0.05) is 30.8 Å². The van der Waals surface area contributed by atoms with Crippen LogP contribution in [0.4, 0.5) is 0 Å². The molecular weight excluding hydrogens is 162 g/mol. The largest absolute Gasteiger partial charge is 0.377 e. The maximum absolute atomic E-state index is 11.8. The molecule has 2 rings (SSSR count). The van der Waals surface area contributed by atoms with Gasteiger partial charge in [0.25, 0.3) is 0 Å². The standard InChI is InChI=1S/C11H17NO/c1-8-7-12(2)10-6-4-3-5-9(10)11(8)13/h8H,3-7H2,1-2H3. The average Bonchev–Trinajstić information content (AvgIpc) is 2.15. The average molecular weight is 179 g/mol. The maximum Gasteiger partial charge on any atom is 0.165 e. The van der Waals surface area contributed by atoms with Crippen molar-refractivity contribution < 1.29 is 4.79 Å². The summed E-state index contributed by atoms with van der Waals surface area (Å²) in [6, 6.07) is 0. The molecule has 0 fully saturated rings. The van der Waals surface area contributed by atoms with Crippen LogP contribution in [-0.2, 0) is 4.79 Å². The molecule has 1 atom stereocenters. The Morgan fingerprint density at radius 1 is 1.31 bits per heavy atom. The Kier molecular flexibility index (Phi) is 2.14. The van der Waals surface area contributed by atoms with Crippen molar-refractivity contribution in [3.8, 4) is 0 Å². The SMILES string of the molecule is CC1CN(C)C2=C(CCCC2)C1=O. The van der Waals surface area contributed by atoms with E-state index in [4.69, 9.17) is 0 Å². The number of allylic oxidation sites excluding steroid dienone is 2. The quantitative estimate of drug-likeness (QED) is 0.566. The zero-order valence-electron chi connectivity index (χ0n) is 8.47. The van der Waals surface area contributed by atoms with Gasteiger partial charge < -0.3 is 4.90 Å². The fourth-order valence-electron chi connectivity index (χ4n) is 2.48. The monoisotopic (exact) mass is 179 g/mol. The van der Waals surface area contributed by atoms with Crippen LogP contribution in [0.5, 0.6) is 0 Å². The summed E-state index contributed by atoms with van der Waals surface area (Å²) in [7, 11) is 2.11. The van der Waals surface area contributed by atoms with Gasteiger partial charge in [-0.25, -0.2) is 0 Å². The van der Waals surface area contributed by atoms with Crippen molar-refractivity contribution in [1.82, 2.24) is 4.90 Å². The van der Waals surface area contributed by atoms with E-state index in [9.17, 15) is 4.79 Å². The maximum atomic E-state index is 11.8. The molecule has 13 heavy (non-hydrogen) atoms. The van der Waals surface area contributed by atoms with E-state index < -0.39 is 0 Å². The summed E-state index contributed by atoms with van der Waals surface area (Å²) in [5.41, 5.74) is 2.46. The van der Waals surface area contributed by atoms with E-state index in [0.717, 1.165) is 25.0 Å². The van der Waals surface area contributed by atoms with Crippen molar-refractivity contribution >= 4 is 5.78 Å². The van der Waals surface area contributed by atoms with Gasteiger partial charge in [-0.2, -0.15) is 0 Å². The number of carbonyl (C=O) groups excluding carboxylic acids is 1. The van der Waals surface area contributed by atoms with Crippen molar-refractivity contribution in [1.29, 1.82) is 0 Å². The van der Waals surface area contributed by atoms with Gasteiger partial charge in [-0.1, -0.05) is 6.92 Å². The van der Waals surface area contributed by atoms with Crippen molar-refractivity contribution in [3.05, 3.63) is 11.3 Å². The van der Waals surface area contributed by atoms with E-state index in [-0.39, 0.29) is 5.92 Å². The summed E-state index contributed by atoms with van der Waals surface area (Å²) < 4.78 is 0. The van der Waals surface area contributed by atoms with Crippen molar-refractivity contribution in [3.63, 3.8) is 0 Å². The Morgan fingerprint density at radius 3 is 2.77 bits per heavy atom. The molecule has 0 amide bonds. The van der Waals surface area contributed by atoms with Crippen molar-refractivity contribution in [2.24, 2.45) is 5.92 Å². The number of hydrogen-bond donors (Lipinski definition) is 0. The Morgan fingerprint density at radius 2 is 2.00 bits per heavy atom. The number of rotatable bonds is 0. The Hall–Kier alpha value is -0.790. The number of hydrogen-bond acceptors (Lipinski definition) is 2. The highest BCUT2D eigenvalue weighted by Crippen LogP contribution is 2.32. The first-order valence-corrected chi connectivity index (χ1v) is 5.17. The third kappa shape index (κ3) is 1.38. The van der Waals surface area contributed by atoms with Crippen LogP contribution in [0.1, 0.15) is 32.6 Å². The van der Waals surface area contributed by atoms with Crippen LogP contribution in [0.25, 0.3) is 0 Å². The summed E-state index contributed by atoms with van der Waals surface area (Å²) in [5.74, 6) is 0.620. The number of Topliss-reactive ketones (excluding diaryl/α,β-unsaturated/α-hetero) is 1. The van der Waals surface area contributed by atoms with Crippen LogP contribution in [0, 0.1) is 5.92 Å². The molecule has 1 unspecified atom stereocenters. The molecule has 0 radical (unpaired) electrons. The molecule has 0 aromatic heterocycles. The number of nitrogens with zero attached hydrogens (tertiary/aromatic N) is 1. The molecule has 2 nitrogen and oxygen atoms in total. The van der Waals surface area contributed by atoms with Crippen LogP contribution >= 0.6 is 0 Å². The van der Waals surface area contributed by atoms with Gasteiger partial charge in [0.1, 0.15) is 0 Å². The predicted molar refractivity (Wildman–Crippen MR) is 52.3 cm³/mol. The smallest absolute Gasteiger partial charge is 0.165 e. The van der Waals surface area contributed by atoms with Crippen LogP contribution in [0.3, 0.4) is 0 Å². The van der Waals surface area contributed by atoms with Crippen LogP contribution in [0.15, 0.2) is 11.3 Å². The molecule has 1 heterocycles. The third-order valence-electron chi connectivity index (χ3n) is 3.19. The topological polar surface area (TPSA) is 20.3 Å². The van der Waals surface area contributed by atoms with Gasteiger partial charge in [0.05, 0.1) is 0 Å². The first-order chi connectivity index (χ1) is 6.20. The molecule has 0 N–H and O–H groups in total. The van der Waals surface area contributed by atoms with E-state index in [0.29, 0.717) is 5.78 Å². The third-order valence-corrected chi connectivity index (χ3v) is 3.19. The molecule has 0 saturated heterocycles. The minimum atomic E-state index is 0.210. The van der Waals surface area contributed by atoms with Gasteiger partial charge in [0.15, 0.2) is 5.78 Å². The van der Waals surface area contributed by atoms with Gasteiger partial charge in [-0.15, -0.1) is 0 Å². The van der Waals surface area contributed by atoms with Crippen LogP contribution in [-0.4, -0.2) is 24.3 Å². The summed E-state index contributed by atoms with van der Waals surface area (Å²) in [6.45, 7) is 2.95. The summed E-state index contributed by atoms with van der Waals surface area (Å²) in [5, 5.41) is 0. The zero-order chi connectivity index (χ0) is 9.42. The van der Waals surface area contributed by atoms with Crippen molar-refractivity contribution in [2.45, 2.75) is 32.6 Å². The molecule has 72 valence electrons. The Labute approximate surface area is 79.6 Å². The molecule has 0 saturated carbocycles. The minimum absolute atomic E-state index is 0.210. The Balaban J connectivity index is 2.35. The Bertz CT molecular complexity index is 267.